The molecule has 0 saturated carbocycles. The van der Waals surface area contributed by atoms with E-state index in [4.69, 9.17) is 13.9 Å². The number of ether oxygens (including phenoxy) is 2. The van der Waals surface area contributed by atoms with Gasteiger partial charge in [-0.1, -0.05) is 38.8 Å². The first kappa shape index (κ1) is 28.8. The number of carbonyl (C=O) groups is 3. The first-order valence-corrected chi connectivity index (χ1v) is 12.3. The second-order valence-electron chi connectivity index (χ2n) is 9.25. The van der Waals surface area contributed by atoms with Crippen molar-refractivity contribution in [2.75, 3.05) is 0 Å². The zero-order valence-corrected chi connectivity index (χ0v) is 22.1. The Labute approximate surface area is 211 Å². The Morgan fingerprint density at radius 1 is 1.11 bits per heavy atom. The third-order valence-electron chi connectivity index (χ3n) is 5.98. The van der Waals surface area contributed by atoms with Crippen molar-refractivity contribution >= 4 is 28.7 Å². The standard InChI is InChI=1S/C28H36O8/c1-8-10-11-21(34-17(6)29)20-14-22(31)36-28-23(20)27(35-18(7)30)19(13-12-15(3)4)26(33)24(28)25(32)16(5)9-2/h12,14,16,21,33H,8-11,13H2,1-7H3/t16-,21-/m0/s1. The van der Waals surface area contributed by atoms with Crippen LogP contribution in [-0.4, -0.2) is 22.8 Å². The lowest BCUT2D eigenvalue weighted by molar-refractivity contribution is -0.147. The van der Waals surface area contributed by atoms with Gasteiger partial charge in [-0.2, -0.15) is 0 Å². The van der Waals surface area contributed by atoms with Crippen LogP contribution in [0.5, 0.6) is 11.5 Å². The molecule has 1 heterocycles. The van der Waals surface area contributed by atoms with Crippen molar-refractivity contribution in [2.45, 2.75) is 86.7 Å². The van der Waals surface area contributed by atoms with Gasteiger partial charge < -0.3 is 19.0 Å². The molecule has 0 radical (unpaired) electrons. The van der Waals surface area contributed by atoms with Crippen molar-refractivity contribution in [3.8, 4) is 11.5 Å². The summed E-state index contributed by atoms with van der Waals surface area (Å²) < 4.78 is 16.7. The second kappa shape index (κ2) is 12.5. The number of phenolic OH excluding ortho intramolecular Hbond substituents is 1. The molecule has 1 aromatic heterocycles. The maximum absolute atomic E-state index is 13.4. The van der Waals surface area contributed by atoms with Gasteiger partial charge in [-0.05, 0) is 39.5 Å². The molecule has 2 rings (SSSR count). The normalized spacial score (nSPS) is 12.6. The molecule has 0 amide bonds. The highest BCUT2D eigenvalue weighted by Gasteiger charge is 2.32. The molecule has 0 saturated heterocycles. The lowest BCUT2D eigenvalue weighted by atomic mass is 9.89. The molecule has 0 fully saturated rings. The Hall–Kier alpha value is -3.42. The summed E-state index contributed by atoms with van der Waals surface area (Å²) in [7, 11) is 0. The van der Waals surface area contributed by atoms with E-state index in [1.165, 1.54) is 19.9 Å². The number of ketones is 1. The van der Waals surface area contributed by atoms with Crippen molar-refractivity contribution < 1.29 is 33.4 Å². The molecule has 1 N–H and O–H groups in total. The topological polar surface area (TPSA) is 120 Å². The average molecular weight is 501 g/mol. The Morgan fingerprint density at radius 3 is 2.31 bits per heavy atom. The number of hydrogen-bond acceptors (Lipinski definition) is 8. The fourth-order valence-electron chi connectivity index (χ4n) is 3.97. The summed E-state index contributed by atoms with van der Waals surface area (Å²) in [5.41, 5.74) is 0.290. The molecule has 0 aliphatic carbocycles. The van der Waals surface area contributed by atoms with Gasteiger partial charge in [0.25, 0.3) is 0 Å². The molecule has 2 aromatic rings. The van der Waals surface area contributed by atoms with Gasteiger partial charge in [0.1, 0.15) is 23.2 Å². The number of Topliss-reactive ketones (excluding diaryl/α,β-unsaturated/α-hetero) is 1. The van der Waals surface area contributed by atoms with Crippen LogP contribution in [0.25, 0.3) is 11.0 Å². The van der Waals surface area contributed by atoms with Crippen molar-refractivity contribution in [3.63, 3.8) is 0 Å². The molecule has 0 aliphatic heterocycles. The number of benzene rings is 1. The van der Waals surface area contributed by atoms with Crippen LogP contribution < -0.4 is 10.4 Å². The summed E-state index contributed by atoms with van der Waals surface area (Å²) in [6, 6.07) is 1.19. The highest BCUT2D eigenvalue weighted by Crippen LogP contribution is 2.45. The van der Waals surface area contributed by atoms with E-state index in [0.717, 1.165) is 12.0 Å². The van der Waals surface area contributed by atoms with Crippen LogP contribution >= 0.6 is 0 Å². The molecule has 0 unspecified atom stereocenters. The average Bonchev–Trinajstić information content (AvgIpc) is 2.79. The Morgan fingerprint density at radius 2 is 1.78 bits per heavy atom. The predicted molar refractivity (Wildman–Crippen MR) is 136 cm³/mol. The van der Waals surface area contributed by atoms with Crippen LogP contribution in [0.2, 0.25) is 0 Å². The Bertz CT molecular complexity index is 1230. The molecular formula is C28H36O8. The highest BCUT2D eigenvalue weighted by atomic mass is 16.5. The molecular weight excluding hydrogens is 464 g/mol. The smallest absolute Gasteiger partial charge is 0.336 e. The van der Waals surface area contributed by atoms with Gasteiger partial charge in [0, 0.05) is 37.0 Å². The van der Waals surface area contributed by atoms with E-state index in [2.05, 4.69) is 0 Å². The zero-order chi connectivity index (χ0) is 27.2. The largest absolute Gasteiger partial charge is 0.507 e. The number of allylic oxidation sites excluding steroid dienone is 2. The molecule has 8 heteroatoms. The fourth-order valence-corrected chi connectivity index (χ4v) is 3.97. The number of phenols is 1. The van der Waals surface area contributed by atoms with E-state index >= 15 is 0 Å². The van der Waals surface area contributed by atoms with E-state index < -0.39 is 41.1 Å². The summed E-state index contributed by atoms with van der Waals surface area (Å²) in [5, 5.41) is 11.5. The van der Waals surface area contributed by atoms with Gasteiger partial charge in [-0.15, -0.1) is 0 Å². The monoisotopic (exact) mass is 500 g/mol. The molecule has 1 aromatic carbocycles. The number of carbonyl (C=O) groups excluding carboxylic acids is 3. The second-order valence-corrected chi connectivity index (χ2v) is 9.25. The summed E-state index contributed by atoms with van der Waals surface area (Å²) in [6.07, 6.45) is 3.50. The predicted octanol–water partition coefficient (Wildman–Crippen LogP) is 5.96. The molecule has 196 valence electrons. The number of esters is 2. The molecule has 0 bridgehead atoms. The minimum absolute atomic E-state index is 0.0272. The van der Waals surface area contributed by atoms with Gasteiger partial charge in [0.15, 0.2) is 11.4 Å². The summed E-state index contributed by atoms with van der Waals surface area (Å²) in [5.74, 6) is -2.53. The highest BCUT2D eigenvalue weighted by molar-refractivity contribution is 6.12. The summed E-state index contributed by atoms with van der Waals surface area (Å²) >= 11 is 0. The van der Waals surface area contributed by atoms with Gasteiger partial charge >= 0.3 is 17.6 Å². The zero-order valence-electron chi connectivity index (χ0n) is 22.1. The Balaban J connectivity index is 3.16. The number of unbranched alkanes of at least 4 members (excludes halogenated alkanes) is 1. The van der Waals surface area contributed by atoms with Crippen LogP contribution in [0, 0.1) is 5.92 Å². The van der Waals surface area contributed by atoms with Crippen LogP contribution in [0.15, 0.2) is 26.9 Å². The van der Waals surface area contributed by atoms with Crippen LogP contribution in [-0.2, 0) is 20.7 Å². The van der Waals surface area contributed by atoms with Crippen LogP contribution in [0.1, 0.15) is 102 Å². The fraction of sp³-hybridized carbons (Fsp3) is 0.500. The van der Waals surface area contributed by atoms with Crippen LogP contribution in [0.4, 0.5) is 0 Å². The summed E-state index contributed by atoms with van der Waals surface area (Å²) in [4.78, 5) is 50.3. The third kappa shape index (κ3) is 6.62. The first-order chi connectivity index (χ1) is 16.9. The SMILES string of the molecule is CCCC[C@H](OC(C)=O)c1cc(=O)oc2c(C(=O)[C@@H](C)CC)c(O)c(CC=C(C)C)c(OC(C)=O)c12. The lowest BCUT2D eigenvalue weighted by Gasteiger charge is -2.23. The third-order valence-corrected chi connectivity index (χ3v) is 5.98. The van der Waals surface area contributed by atoms with Gasteiger partial charge in [0.05, 0.1) is 5.39 Å². The number of fused-ring (bicyclic) bond motifs is 1. The van der Waals surface area contributed by atoms with Gasteiger partial charge in [-0.25, -0.2) is 4.79 Å². The first-order valence-electron chi connectivity index (χ1n) is 12.3. The number of hydrogen-bond donors (Lipinski definition) is 1. The van der Waals surface area contributed by atoms with Gasteiger partial charge in [-0.3, -0.25) is 14.4 Å². The maximum Gasteiger partial charge on any atom is 0.336 e. The number of aromatic hydroxyl groups is 1. The molecule has 0 aliphatic rings. The molecule has 0 spiro atoms. The van der Waals surface area contributed by atoms with Crippen molar-refractivity contribution in [1.82, 2.24) is 0 Å². The lowest BCUT2D eigenvalue weighted by Crippen LogP contribution is -2.17. The van der Waals surface area contributed by atoms with Gasteiger partial charge in [0.2, 0.25) is 0 Å². The minimum atomic E-state index is -0.851. The van der Waals surface area contributed by atoms with E-state index in [-0.39, 0.29) is 39.8 Å². The van der Waals surface area contributed by atoms with Crippen molar-refractivity contribution in [3.05, 3.63) is 44.8 Å². The molecule has 8 nitrogen and oxygen atoms in total. The van der Waals surface area contributed by atoms with E-state index in [1.54, 1.807) is 6.92 Å². The maximum atomic E-state index is 13.4. The molecule has 2 atom stereocenters. The minimum Gasteiger partial charge on any atom is -0.507 e. The number of rotatable bonds is 11. The molecule has 36 heavy (non-hydrogen) atoms. The quantitative estimate of drug-likeness (QED) is 0.132. The van der Waals surface area contributed by atoms with E-state index in [9.17, 15) is 24.3 Å². The Kier molecular flexibility index (Phi) is 10.0. The van der Waals surface area contributed by atoms with E-state index in [1.807, 2.05) is 33.8 Å². The van der Waals surface area contributed by atoms with Crippen LogP contribution in [0.3, 0.4) is 0 Å². The van der Waals surface area contributed by atoms with Crippen molar-refractivity contribution in [2.24, 2.45) is 5.92 Å². The summed E-state index contributed by atoms with van der Waals surface area (Å²) in [6.45, 7) is 11.8. The van der Waals surface area contributed by atoms with E-state index in [0.29, 0.717) is 19.3 Å². The van der Waals surface area contributed by atoms with Crippen molar-refractivity contribution in [1.29, 1.82) is 0 Å².